The molecule has 2 saturated heterocycles. The van der Waals surface area contributed by atoms with Gasteiger partial charge >= 0.3 is 5.97 Å². The number of ether oxygens (including phenoxy) is 1. The Kier molecular flexibility index (Phi) is 6.12. The van der Waals surface area contributed by atoms with Gasteiger partial charge in [0, 0.05) is 32.8 Å². The van der Waals surface area contributed by atoms with Crippen LogP contribution in [-0.2, 0) is 16.3 Å². The van der Waals surface area contributed by atoms with Crippen LogP contribution in [0.3, 0.4) is 0 Å². The SMILES string of the molecule is C[Si](C)(C)CCOCn1nc(C(=O)N2C3CCC2CC(C(=O)O)C3)cc1Br. The number of amides is 1. The van der Waals surface area contributed by atoms with Crippen molar-refractivity contribution in [3.63, 3.8) is 0 Å². The average Bonchev–Trinajstić information content (AvgIpc) is 3.07. The second kappa shape index (κ2) is 8.04. The summed E-state index contributed by atoms with van der Waals surface area (Å²) >= 11 is 3.46. The van der Waals surface area contributed by atoms with Gasteiger partial charge in [-0.2, -0.15) is 5.10 Å². The molecule has 2 atom stereocenters. The number of carboxylic acid groups (broad SMARTS) is 1. The summed E-state index contributed by atoms with van der Waals surface area (Å²) in [6, 6.07) is 2.83. The number of hydrogen-bond acceptors (Lipinski definition) is 4. The van der Waals surface area contributed by atoms with Crippen LogP contribution in [0, 0.1) is 5.92 Å². The zero-order chi connectivity index (χ0) is 19.8. The highest BCUT2D eigenvalue weighted by Gasteiger charge is 2.45. The molecule has 1 aromatic heterocycles. The number of carboxylic acids is 1. The van der Waals surface area contributed by atoms with E-state index >= 15 is 0 Å². The van der Waals surface area contributed by atoms with Crippen LogP contribution in [-0.4, -0.2) is 58.4 Å². The van der Waals surface area contributed by atoms with E-state index in [4.69, 9.17) is 4.74 Å². The minimum Gasteiger partial charge on any atom is -0.481 e. The van der Waals surface area contributed by atoms with Crippen LogP contribution in [0.5, 0.6) is 0 Å². The third-order valence-corrected chi connectivity index (χ3v) is 7.82. The Balaban J connectivity index is 1.62. The Morgan fingerprint density at radius 2 is 1.93 bits per heavy atom. The zero-order valence-corrected chi connectivity index (χ0v) is 18.7. The predicted octanol–water partition coefficient (Wildman–Crippen LogP) is 3.43. The van der Waals surface area contributed by atoms with Crippen LogP contribution in [0.2, 0.25) is 25.7 Å². The maximum atomic E-state index is 13.0. The molecule has 7 nitrogen and oxygen atoms in total. The Labute approximate surface area is 169 Å². The molecule has 9 heteroatoms. The van der Waals surface area contributed by atoms with E-state index in [0.29, 0.717) is 36.5 Å². The molecule has 0 radical (unpaired) electrons. The molecule has 150 valence electrons. The number of aliphatic carboxylic acids is 1. The topological polar surface area (TPSA) is 84.7 Å². The molecule has 1 aromatic rings. The predicted molar refractivity (Wildman–Crippen MR) is 107 cm³/mol. The van der Waals surface area contributed by atoms with Crippen molar-refractivity contribution in [1.29, 1.82) is 0 Å². The third-order valence-electron chi connectivity index (χ3n) is 5.48. The van der Waals surface area contributed by atoms with E-state index in [2.05, 4.69) is 40.7 Å². The van der Waals surface area contributed by atoms with E-state index in [0.717, 1.165) is 18.9 Å². The lowest BCUT2D eigenvalue weighted by molar-refractivity contribution is -0.144. The molecule has 3 heterocycles. The van der Waals surface area contributed by atoms with Gasteiger partial charge in [-0.3, -0.25) is 9.59 Å². The maximum absolute atomic E-state index is 13.0. The molecule has 0 saturated carbocycles. The molecule has 0 aliphatic carbocycles. The number of halogens is 1. The molecule has 2 aliphatic rings. The van der Waals surface area contributed by atoms with Gasteiger partial charge in [-0.1, -0.05) is 19.6 Å². The van der Waals surface area contributed by atoms with Gasteiger partial charge in [0.05, 0.1) is 5.92 Å². The van der Waals surface area contributed by atoms with Gasteiger partial charge in [-0.15, -0.1) is 0 Å². The van der Waals surface area contributed by atoms with Crippen LogP contribution >= 0.6 is 15.9 Å². The standard InChI is InChI=1S/C18H28BrN3O4Si/c1-27(2,3)7-6-26-11-21-16(19)10-15(20-21)17(23)22-13-4-5-14(22)9-12(8-13)18(24)25/h10,12-14H,4-9,11H2,1-3H3,(H,24,25). The largest absolute Gasteiger partial charge is 0.481 e. The Bertz CT molecular complexity index is 704. The van der Waals surface area contributed by atoms with E-state index in [-0.39, 0.29) is 23.9 Å². The molecule has 2 bridgehead atoms. The Morgan fingerprint density at radius 3 is 2.48 bits per heavy atom. The van der Waals surface area contributed by atoms with Crippen LogP contribution in [0.4, 0.5) is 0 Å². The lowest BCUT2D eigenvalue weighted by Gasteiger charge is -2.37. The highest BCUT2D eigenvalue weighted by atomic mass is 79.9. The highest BCUT2D eigenvalue weighted by Crippen LogP contribution is 2.39. The summed E-state index contributed by atoms with van der Waals surface area (Å²) in [5.41, 5.74) is 0.390. The minimum atomic E-state index is -1.14. The minimum absolute atomic E-state index is 0.00858. The van der Waals surface area contributed by atoms with Crippen LogP contribution in [0.1, 0.15) is 36.2 Å². The molecule has 0 aromatic carbocycles. The van der Waals surface area contributed by atoms with Crippen molar-refractivity contribution in [3.8, 4) is 0 Å². The number of rotatable bonds is 7. The van der Waals surface area contributed by atoms with E-state index in [1.54, 1.807) is 10.7 Å². The first-order valence-corrected chi connectivity index (χ1v) is 14.0. The van der Waals surface area contributed by atoms with E-state index in [1.165, 1.54) is 0 Å². The van der Waals surface area contributed by atoms with Gasteiger partial charge < -0.3 is 14.7 Å². The van der Waals surface area contributed by atoms with Gasteiger partial charge in [-0.05, 0) is 47.7 Å². The summed E-state index contributed by atoms with van der Waals surface area (Å²) in [7, 11) is -1.14. The zero-order valence-electron chi connectivity index (χ0n) is 16.2. The summed E-state index contributed by atoms with van der Waals surface area (Å²) in [5, 5.41) is 13.7. The van der Waals surface area contributed by atoms with Crippen LogP contribution in [0.25, 0.3) is 0 Å². The normalized spacial score (nSPS) is 25.0. The first-order chi connectivity index (χ1) is 12.7. The van der Waals surface area contributed by atoms with E-state index < -0.39 is 14.0 Å². The smallest absolute Gasteiger partial charge is 0.306 e. The highest BCUT2D eigenvalue weighted by molar-refractivity contribution is 9.10. The van der Waals surface area contributed by atoms with Crippen molar-refractivity contribution < 1.29 is 19.4 Å². The van der Waals surface area contributed by atoms with Crippen molar-refractivity contribution in [1.82, 2.24) is 14.7 Å². The molecular weight excluding hydrogens is 430 g/mol. The second-order valence-corrected chi connectivity index (χ2v) is 15.2. The molecule has 3 rings (SSSR count). The quantitative estimate of drug-likeness (QED) is 0.500. The summed E-state index contributed by atoms with van der Waals surface area (Å²) in [4.78, 5) is 26.2. The molecule has 2 unspecified atom stereocenters. The molecule has 2 fully saturated rings. The van der Waals surface area contributed by atoms with E-state index in [9.17, 15) is 14.7 Å². The number of hydrogen-bond donors (Lipinski definition) is 1. The number of nitrogens with zero attached hydrogens (tertiary/aromatic N) is 3. The van der Waals surface area contributed by atoms with Crippen LogP contribution < -0.4 is 0 Å². The van der Waals surface area contributed by atoms with Crippen molar-refractivity contribution in [3.05, 3.63) is 16.4 Å². The molecule has 2 aliphatic heterocycles. The van der Waals surface area contributed by atoms with Crippen molar-refractivity contribution in [2.45, 2.75) is 70.2 Å². The fourth-order valence-corrected chi connectivity index (χ4v) is 5.12. The molecular formula is C18H28BrN3O4Si. The van der Waals surface area contributed by atoms with E-state index in [1.807, 2.05) is 4.90 Å². The van der Waals surface area contributed by atoms with Gasteiger partial charge in [0.2, 0.25) is 0 Å². The van der Waals surface area contributed by atoms with Gasteiger partial charge in [0.15, 0.2) is 5.69 Å². The molecule has 0 spiro atoms. The average molecular weight is 458 g/mol. The van der Waals surface area contributed by atoms with Gasteiger partial charge in [0.25, 0.3) is 5.91 Å². The number of aromatic nitrogens is 2. The monoisotopic (exact) mass is 457 g/mol. The summed E-state index contributed by atoms with van der Waals surface area (Å²) in [6.07, 6.45) is 2.84. The number of carbonyl (C=O) groups is 2. The fraction of sp³-hybridized carbons (Fsp3) is 0.722. The summed E-state index contributed by atoms with van der Waals surface area (Å²) in [5.74, 6) is -1.19. The first-order valence-electron chi connectivity index (χ1n) is 9.52. The lowest BCUT2D eigenvalue weighted by atomic mass is 9.90. The van der Waals surface area contributed by atoms with Crippen molar-refractivity contribution >= 4 is 35.9 Å². The number of fused-ring (bicyclic) bond motifs is 2. The van der Waals surface area contributed by atoms with Crippen molar-refractivity contribution in [2.75, 3.05) is 6.61 Å². The third kappa shape index (κ3) is 4.81. The summed E-state index contributed by atoms with van der Waals surface area (Å²) in [6.45, 7) is 7.92. The second-order valence-electron chi connectivity index (χ2n) is 8.80. The maximum Gasteiger partial charge on any atom is 0.306 e. The van der Waals surface area contributed by atoms with Crippen LogP contribution in [0.15, 0.2) is 10.7 Å². The lowest BCUT2D eigenvalue weighted by Crippen LogP contribution is -2.48. The number of piperidine rings is 1. The van der Waals surface area contributed by atoms with Gasteiger partial charge in [-0.25, -0.2) is 4.68 Å². The fourth-order valence-electron chi connectivity index (χ4n) is 3.96. The Morgan fingerprint density at radius 1 is 1.30 bits per heavy atom. The van der Waals surface area contributed by atoms with Gasteiger partial charge in [0.1, 0.15) is 11.3 Å². The number of carbonyl (C=O) groups excluding carboxylic acids is 1. The van der Waals surface area contributed by atoms with Crippen molar-refractivity contribution in [2.24, 2.45) is 5.92 Å². The summed E-state index contributed by atoms with van der Waals surface area (Å²) < 4.78 is 8.10. The first kappa shape index (κ1) is 20.5. The molecule has 1 amide bonds. The molecule has 1 N–H and O–H groups in total. The molecule has 27 heavy (non-hydrogen) atoms. The Hall–Kier alpha value is -1.19.